The third-order valence-electron chi connectivity index (χ3n) is 3.85. The van der Waals surface area contributed by atoms with Crippen molar-refractivity contribution in [2.75, 3.05) is 27.2 Å². The molecular formula is C16H22N2O2. The van der Waals surface area contributed by atoms with Gasteiger partial charge in [-0.15, -0.1) is 0 Å². The van der Waals surface area contributed by atoms with E-state index < -0.39 is 5.97 Å². The molecule has 0 unspecified atom stereocenters. The SMILES string of the molecule is CN(C)[C@@H]1C[C@@H](C(=O)O)N(C/C=C/c2ccccc2)C1. The molecule has 0 spiro atoms. The van der Waals surface area contributed by atoms with E-state index in [1.165, 1.54) is 0 Å². The summed E-state index contributed by atoms with van der Waals surface area (Å²) in [5, 5.41) is 9.32. The van der Waals surface area contributed by atoms with Gasteiger partial charge in [-0.3, -0.25) is 9.69 Å². The molecule has 20 heavy (non-hydrogen) atoms. The Morgan fingerprint density at radius 3 is 2.70 bits per heavy atom. The Morgan fingerprint density at radius 2 is 2.10 bits per heavy atom. The molecule has 1 heterocycles. The number of aliphatic carboxylic acids is 1. The Hall–Kier alpha value is -1.65. The fourth-order valence-corrected chi connectivity index (χ4v) is 2.60. The number of rotatable bonds is 5. The van der Waals surface area contributed by atoms with Crippen LogP contribution in [0.25, 0.3) is 6.08 Å². The first-order chi connectivity index (χ1) is 9.58. The predicted molar refractivity (Wildman–Crippen MR) is 80.6 cm³/mol. The Bertz CT molecular complexity index is 471. The second-order valence-electron chi connectivity index (χ2n) is 5.47. The highest BCUT2D eigenvalue weighted by molar-refractivity contribution is 5.74. The number of hydrogen-bond acceptors (Lipinski definition) is 3. The lowest BCUT2D eigenvalue weighted by Crippen LogP contribution is -2.36. The molecule has 1 aliphatic heterocycles. The van der Waals surface area contributed by atoms with E-state index in [0.29, 0.717) is 19.0 Å². The minimum atomic E-state index is -0.720. The molecule has 0 aromatic heterocycles. The van der Waals surface area contributed by atoms with E-state index >= 15 is 0 Å². The normalized spacial score (nSPS) is 23.8. The standard InChI is InChI=1S/C16H22N2O2/c1-17(2)14-11-15(16(19)20)18(12-14)10-6-9-13-7-4-3-5-8-13/h3-9,14-15H,10-12H2,1-2H3,(H,19,20)/b9-6+/t14-,15+/m1/s1. The summed E-state index contributed by atoms with van der Waals surface area (Å²) in [7, 11) is 4.01. The second kappa shape index (κ2) is 6.68. The van der Waals surface area contributed by atoms with Gasteiger partial charge in [0, 0.05) is 19.1 Å². The Kier molecular flexibility index (Phi) is 4.93. The van der Waals surface area contributed by atoms with Crippen LogP contribution in [0.15, 0.2) is 36.4 Å². The maximum absolute atomic E-state index is 11.3. The van der Waals surface area contributed by atoms with Crippen molar-refractivity contribution in [3.8, 4) is 0 Å². The van der Waals surface area contributed by atoms with Crippen LogP contribution in [0.1, 0.15) is 12.0 Å². The lowest BCUT2D eigenvalue weighted by molar-refractivity contribution is -0.141. The smallest absolute Gasteiger partial charge is 0.320 e. The van der Waals surface area contributed by atoms with Gasteiger partial charge in [-0.05, 0) is 26.1 Å². The molecule has 1 fully saturated rings. The van der Waals surface area contributed by atoms with E-state index in [1.807, 2.05) is 61.5 Å². The highest BCUT2D eigenvalue weighted by Gasteiger charge is 2.36. The first-order valence-corrected chi connectivity index (χ1v) is 6.93. The number of likely N-dealkylation sites (tertiary alicyclic amines) is 1. The highest BCUT2D eigenvalue weighted by Crippen LogP contribution is 2.21. The first-order valence-electron chi connectivity index (χ1n) is 6.93. The van der Waals surface area contributed by atoms with Gasteiger partial charge in [0.05, 0.1) is 0 Å². The fraction of sp³-hybridized carbons (Fsp3) is 0.438. The van der Waals surface area contributed by atoms with E-state index in [-0.39, 0.29) is 6.04 Å². The molecular weight excluding hydrogens is 252 g/mol. The number of benzene rings is 1. The number of hydrogen-bond donors (Lipinski definition) is 1. The molecule has 2 atom stereocenters. The molecule has 1 saturated heterocycles. The van der Waals surface area contributed by atoms with E-state index in [1.54, 1.807) is 0 Å². The van der Waals surface area contributed by atoms with Crippen LogP contribution in [0.2, 0.25) is 0 Å². The van der Waals surface area contributed by atoms with Gasteiger partial charge in [-0.2, -0.15) is 0 Å². The van der Waals surface area contributed by atoms with Crippen molar-refractivity contribution in [3.05, 3.63) is 42.0 Å². The van der Waals surface area contributed by atoms with Crippen molar-refractivity contribution >= 4 is 12.0 Å². The number of carboxylic acids is 1. The van der Waals surface area contributed by atoms with E-state index in [2.05, 4.69) is 4.90 Å². The molecule has 108 valence electrons. The van der Waals surface area contributed by atoms with E-state index in [0.717, 1.165) is 12.1 Å². The Labute approximate surface area is 120 Å². The van der Waals surface area contributed by atoms with Crippen molar-refractivity contribution < 1.29 is 9.90 Å². The minimum Gasteiger partial charge on any atom is -0.480 e. The molecule has 0 amide bonds. The van der Waals surface area contributed by atoms with Gasteiger partial charge in [0.25, 0.3) is 0 Å². The molecule has 0 aliphatic carbocycles. The summed E-state index contributed by atoms with van der Waals surface area (Å²) in [6, 6.07) is 10.0. The zero-order chi connectivity index (χ0) is 14.5. The molecule has 1 aromatic rings. The van der Waals surface area contributed by atoms with E-state index in [4.69, 9.17) is 0 Å². The summed E-state index contributed by atoms with van der Waals surface area (Å²) < 4.78 is 0. The van der Waals surface area contributed by atoms with Crippen molar-refractivity contribution in [2.45, 2.75) is 18.5 Å². The average Bonchev–Trinajstić information content (AvgIpc) is 2.84. The van der Waals surface area contributed by atoms with Gasteiger partial charge in [0.15, 0.2) is 0 Å². The van der Waals surface area contributed by atoms with Crippen LogP contribution in [-0.4, -0.2) is 60.1 Å². The number of nitrogens with zero attached hydrogens (tertiary/aromatic N) is 2. The van der Waals surface area contributed by atoms with Crippen LogP contribution in [-0.2, 0) is 4.79 Å². The number of likely N-dealkylation sites (N-methyl/N-ethyl adjacent to an activating group) is 1. The average molecular weight is 274 g/mol. The van der Waals surface area contributed by atoms with Crippen LogP contribution >= 0.6 is 0 Å². The fourth-order valence-electron chi connectivity index (χ4n) is 2.60. The largest absolute Gasteiger partial charge is 0.480 e. The predicted octanol–water partition coefficient (Wildman–Crippen LogP) is 1.79. The van der Waals surface area contributed by atoms with Crippen molar-refractivity contribution in [2.24, 2.45) is 0 Å². The Balaban J connectivity index is 1.96. The molecule has 1 aliphatic rings. The zero-order valence-electron chi connectivity index (χ0n) is 12.1. The Morgan fingerprint density at radius 1 is 1.40 bits per heavy atom. The summed E-state index contributed by atoms with van der Waals surface area (Å²) in [6.45, 7) is 1.49. The third kappa shape index (κ3) is 3.68. The topological polar surface area (TPSA) is 43.8 Å². The van der Waals surface area contributed by atoms with Gasteiger partial charge in [0.1, 0.15) is 6.04 Å². The highest BCUT2D eigenvalue weighted by atomic mass is 16.4. The maximum atomic E-state index is 11.3. The molecule has 0 saturated carbocycles. The summed E-state index contributed by atoms with van der Waals surface area (Å²) in [5.74, 6) is -0.720. The van der Waals surface area contributed by atoms with Crippen molar-refractivity contribution in [1.82, 2.24) is 9.80 Å². The van der Waals surface area contributed by atoms with Crippen LogP contribution in [0.5, 0.6) is 0 Å². The molecule has 4 nitrogen and oxygen atoms in total. The molecule has 1 N–H and O–H groups in total. The summed E-state index contributed by atoms with van der Waals surface area (Å²) in [6.07, 6.45) is 4.78. The van der Waals surface area contributed by atoms with Crippen molar-refractivity contribution in [1.29, 1.82) is 0 Å². The minimum absolute atomic E-state index is 0.321. The van der Waals surface area contributed by atoms with Crippen LogP contribution in [0, 0.1) is 0 Å². The number of carbonyl (C=O) groups is 1. The summed E-state index contributed by atoms with van der Waals surface area (Å²) in [4.78, 5) is 15.5. The lowest BCUT2D eigenvalue weighted by Gasteiger charge is -2.20. The van der Waals surface area contributed by atoms with Crippen molar-refractivity contribution in [3.63, 3.8) is 0 Å². The number of carboxylic acid groups (broad SMARTS) is 1. The monoisotopic (exact) mass is 274 g/mol. The quantitative estimate of drug-likeness (QED) is 0.889. The second-order valence-corrected chi connectivity index (χ2v) is 5.47. The molecule has 2 rings (SSSR count). The van der Waals surface area contributed by atoms with Crippen LogP contribution < -0.4 is 0 Å². The third-order valence-corrected chi connectivity index (χ3v) is 3.85. The van der Waals surface area contributed by atoms with E-state index in [9.17, 15) is 9.90 Å². The maximum Gasteiger partial charge on any atom is 0.320 e. The van der Waals surface area contributed by atoms with Gasteiger partial charge >= 0.3 is 5.97 Å². The lowest BCUT2D eigenvalue weighted by atomic mass is 10.1. The summed E-state index contributed by atoms with van der Waals surface area (Å²) >= 11 is 0. The molecule has 0 radical (unpaired) electrons. The van der Waals surface area contributed by atoms with Crippen LogP contribution in [0.3, 0.4) is 0 Å². The van der Waals surface area contributed by atoms with Gasteiger partial charge < -0.3 is 10.0 Å². The molecule has 4 heteroatoms. The first kappa shape index (κ1) is 14.8. The zero-order valence-corrected chi connectivity index (χ0v) is 12.1. The van der Waals surface area contributed by atoms with Gasteiger partial charge in [-0.1, -0.05) is 42.5 Å². The van der Waals surface area contributed by atoms with Gasteiger partial charge in [0.2, 0.25) is 0 Å². The molecule has 1 aromatic carbocycles. The molecule has 0 bridgehead atoms. The summed E-state index contributed by atoms with van der Waals surface area (Å²) in [5.41, 5.74) is 1.14. The van der Waals surface area contributed by atoms with Crippen LogP contribution in [0.4, 0.5) is 0 Å². The van der Waals surface area contributed by atoms with Gasteiger partial charge in [-0.25, -0.2) is 0 Å².